The number of thioether (sulfide) groups is 1. The molecule has 3 N–H and O–H groups in total. The minimum absolute atomic E-state index is 0.0937. The second kappa shape index (κ2) is 13.3. The van der Waals surface area contributed by atoms with Crippen LogP contribution in [0.3, 0.4) is 0 Å². The molecule has 0 aliphatic rings. The zero-order valence-electron chi connectivity index (χ0n) is 13.3. The first-order chi connectivity index (χ1) is 10.9. The summed E-state index contributed by atoms with van der Waals surface area (Å²) in [5.74, 6) is -0.803. The lowest BCUT2D eigenvalue weighted by atomic mass is 10.2. The topological polar surface area (TPSA) is 129 Å². The molecule has 0 aliphatic heterocycles. The van der Waals surface area contributed by atoms with Gasteiger partial charge in [0.15, 0.2) is 5.12 Å². The third-order valence-electron chi connectivity index (χ3n) is 2.61. The molecular weight excluding hydrogens is 328 g/mol. The van der Waals surface area contributed by atoms with Crippen LogP contribution >= 0.6 is 11.8 Å². The molecule has 0 bridgehead atoms. The third-order valence-corrected chi connectivity index (χ3v) is 3.64. The molecule has 10 heteroatoms. The van der Waals surface area contributed by atoms with Crippen molar-refractivity contribution in [2.24, 2.45) is 0 Å². The number of quaternary nitrogens is 1. The number of hydrogen-bond acceptors (Lipinski definition) is 8. The van der Waals surface area contributed by atoms with Crippen LogP contribution in [0.1, 0.15) is 39.5 Å². The van der Waals surface area contributed by atoms with E-state index in [1.54, 1.807) is 6.92 Å². The second-order valence-electron chi connectivity index (χ2n) is 4.61. The first-order valence-corrected chi connectivity index (χ1v) is 8.30. The summed E-state index contributed by atoms with van der Waals surface area (Å²) in [5.41, 5.74) is 0. The van der Waals surface area contributed by atoms with Crippen molar-refractivity contribution in [2.75, 3.05) is 19.0 Å². The van der Waals surface area contributed by atoms with Crippen molar-refractivity contribution in [3.8, 4) is 0 Å². The molecule has 23 heavy (non-hydrogen) atoms. The Morgan fingerprint density at radius 3 is 2.57 bits per heavy atom. The van der Waals surface area contributed by atoms with Gasteiger partial charge in [0.25, 0.3) is 0 Å². The fourth-order valence-electron chi connectivity index (χ4n) is 1.61. The van der Waals surface area contributed by atoms with Crippen molar-refractivity contribution in [1.82, 2.24) is 5.32 Å². The van der Waals surface area contributed by atoms with E-state index >= 15 is 0 Å². The van der Waals surface area contributed by atoms with Crippen LogP contribution < -0.4 is 10.7 Å². The van der Waals surface area contributed by atoms with Gasteiger partial charge in [-0.3, -0.25) is 9.59 Å². The Bertz CT molecular complexity index is 379. The number of hydrogen-bond donors (Lipinski definition) is 3. The first-order valence-electron chi connectivity index (χ1n) is 7.31. The predicted octanol–water partition coefficient (Wildman–Crippen LogP) is -0.422. The van der Waals surface area contributed by atoms with Gasteiger partial charge in [-0.05, 0) is 19.8 Å². The Morgan fingerprint density at radius 2 is 2.00 bits per heavy atom. The van der Waals surface area contributed by atoms with Gasteiger partial charge >= 0.3 is 5.97 Å². The molecule has 1 unspecified atom stereocenters. The maximum Gasteiger partial charge on any atom is 0.329 e. The molecule has 0 radical (unpaired) electrons. The average molecular weight is 352 g/mol. The highest BCUT2D eigenvalue weighted by atomic mass is 32.2. The van der Waals surface area contributed by atoms with Crippen LogP contribution in [-0.2, 0) is 24.0 Å². The average Bonchev–Trinajstić information content (AvgIpc) is 2.46. The summed E-state index contributed by atoms with van der Waals surface area (Å²) >= 11 is 0.970. The Hall–Kier alpha value is -1.20. The molecule has 0 saturated heterocycles. The minimum atomic E-state index is -1.31. The van der Waals surface area contributed by atoms with Crippen LogP contribution in [0.2, 0.25) is 0 Å². The number of esters is 1. The quantitative estimate of drug-likeness (QED) is 0.245. The fraction of sp³-hybridized carbons (Fsp3) is 0.769. The summed E-state index contributed by atoms with van der Waals surface area (Å²) in [4.78, 5) is 38.8. The summed E-state index contributed by atoms with van der Waals surface area (Å²) in [6, 6.07) is -0.842. The molecule has 0 spiro atoms. The van der Waals surface area contributed by atoms with E-state index in [4.69, 9.17) is 9.94 Å². The molecule has 0 aliphatic carbocycles. The molecule has 134 valence electrons. The summed E-state index contributed by atoms with van der Waals surface area (Å²) in [7, 11) is 0. The van der Waals surface area contributed by atoms with Crippen molar-refractivity contribution in [2.45, 2.75) is 45.6 Å². The molecule has 1 amide bonds. The van der Waals surface area contributed by atoms with Gasteiger partial charge in [-0.15, -0.1) is 0 Å². The molecule has 0 rings (SSSR count). The number of unbranched alkanes of at least 4 members (excludes halogenated alkanes) is 2. The van der Waals surface area contributed by atoms with E-state index in [2.05, 4.69) is 10.2 Å². The van der Waals surface area contributed by atoms with Crippen LogP contribution in [-0.4, -0.2) is 47.2 Å². The molecule has 2 atom stereocenters. The second-order valence-corrected chi connectivity index (χ2v) is 5.69. The molecule has 0 fully saturated rings. The van der Waals surface area contributed by atoms with Crippen LogP contribution in [0.15, 0.2) is 0 Å². The highest BCUT2D eigenvalue weighted by Crippen LogP contribution is 2.12. The number of nitrogens with one attached hydrogen (secondary N) is 2. The van der Waals surface area contributed by atoms with E-state index in [9.17, 15) is 19.6 Å². The third kappa shape index (κ3) is 13.0. The lowest BCUT2D eigenvalue weighted by molar-refractivity contribution is -1.21. The van der Waals surface area contributed by atoms with E-state index in [1.807, 2.05) is 0 Å². The lowest BCUT2D eigenvalue weighted by Crippen LogP contribution is -3.03. The Kier molecular flexibility index (Phi) is 12.6. The number of carbonyl (C=O) groups is 3. The molecule has 0 aromatic rings. The van der Waals surface area contributed by atoms with Crippen molar-refractivity contribution in [3.63, 3.8) is 0 Å². The number of ether oxygens (including phenoxy) is 1. The number of rotatable bonds is 12. The highest BCUT2D eigenvalue weighted by Gasteiger charge is 2.22. The van der Waals surface area contributed by atoms with E-state index in [1.165, 1.54) is 6.92 Å². The van der Waals surface area contributed by atoms with Gasteiger partial charge in [-0.25, -0.2) is 4.79 Å². The van der Waals surface area contributed by atoms with Crippen molar-refractivity contribution in [3.05, 3.63) is 5.21 Å². The van der Waals surface area contributed by atoms with Crippen molar-refractivity contribution < 1.29 is 34.6 Å². The maximum atomic E-state index is 11.7. The maximum absolute atomic E-state index is 11.7. The van der Waals surface area contributed by atoms with Gasteiger partial charge in [0, 0.05) is 19.1 Å². The van der Waals surface area contributed by atoms with Crippen molar-refractivity contribution >= 4 is 28.8 Å². The summed E-state index contributed by atoms with van der Waals surface area (Å²) < 4.78 is 4.84. The Balaban J connectivity index is 3.93. The van der Waals surface area contributed by atoms with E-state index < -0.39 is 17.4 Å². The predicted molar refractivity (Wildman–Crippen MR) is 82.2 cm³/mol. The minimum Gasteiger partial charge on any atom is -0.566 e. The Labute approximate surface area is 139 Å². The molecule has 9 nitrogen and oxygen atoms in total. The van der Waals surface area contributed by atoms with Gasteiger partial charge in [0.2, 0.25) is 5.91 Å². The summed E-state index contributed by atoms with van der Waals surface area (Å²) in [6.07, 6.45) is 2.15. The number of carbonyl (C=O) groups excluding carboxylic acids is 3. The van der Waals surface area contributed by atoms with Gasteiger partial charge in [-0.2, -0.15) is 10.0 Å². The fourth-order valence-corrected chi connectivity index (χ4v) is 2.47. The molecular formula is C13H24N2O7S. The normalized spacial score (nSPS) is 13.2. The van der Waals surface area contributed by atoms with Gasteiger partial charge in [0.05, 0.1) is 6.61 Å². The highest BCUT2D eigenvalue weighted by molar-refractivity contribution is 8.13. The van der Waals surface area contributed by atoms with E-state index in [-0.39, 0.29) is 30.0 Å². The molecule has 0 heterocycles. The number of amides is 1. The SMILES string of the molecule is CCOC(=O)[C@H](CSC(=O)CCCCCO[NH+]([O-])O)NC(C)=O. The smallest absolute Gasteiger partial charge is 0.329 e. The van der Waals surface area contributed by atoms with Gasteiger partial charge in [0.1, 0.15) is 12.6 Å². The van der Waals surface area contributed by atoms with Gasteiger partial charge in [-0.1, -0.05) is 23.6 Å². The van der Waals surface area contributed by atoms with Crippen LogP contribution in [0, 0.1) is 5.21 Å². The van der Waals surface area contributed by atoms with Crippen LogP contribution in [0.5, 0.6) is 0 Å². The Morgan fingerprint density at radius 1 is 1.30 bits per heavy atom. The van der Waals surface area contributed by atoms with Gasteiger partial charge < -0.3 is 15.3 Å². The van der Waals surface area contributed by atoms with Crippen LogP contribution in [0.25, 0.3) is 0 Å². The molecule has 0 aromatic carbocycles. The zero-order chi connectivity index (χ0) is 17.7. The standard InChI is InChI=1S/C13H24N2O7S/c1-3-21-13(18)11(14-10(2)16)9-23-12(17)7-5-4-6-8-22-15(19)20/h11,15,19H,3-9H2,1-2H3,(H,14,16)/t11-/m0/s1. The van der Waals surface area contributed by atoms with E-state index in [0.29, 0.717) is 25.7 Å². The monoisotopic (exact) mass is 352 g/mol. The first kappa shape index (κ1) is 21.8. The van der Waals surface area contributed by atoms with Crippen molar-refractivity contribution in [1.29, 1.82) is 0 Å². The lowest BCUT2D eigenvalue weighted by Gasteiger charge is -2.15. The van der Waals surface area contributed by atoms with Crippen LogP contribution in [0.4, 0.5) is 0 Å². The largest absolute Gasteiger partial charge is 0.566 e. The molecule has 0 saturated carbocycles. The molecule has 0 aromatic heterocycles. The summed E-state index contributed by atoms with van der Waals surface area (Å²) in [6.45, 7) is 3.27. The van der Waals surface area contributed by atoms with E-state index in [0.717, 1.165) is 11.8 Å². The zero-order valence-corrected chi connectivity index (χ0v) is 14.1. The summed E-state index contributed by atoms with van der Waals surface area (Å²) in [5, 5.41) is 19.5.